The van der Waals surface area contributed by atoms with Crippen molar-refractivity contribution in [1.29, 1.82) is 0 Å². The minimum absolute atomic E-state index is 0.0711. The van der Waals surface area contributed by atoms with E-state index in [1.807, 2.05) is 0 Å². The minimum atomic E-state index is -0.847. The molecule has 1 saturated heterocycles. The number of aromatic hydroxyl groups is 1. The Morgan fingerprint density at radius 1 is 1.21 bits per heavy atom. The number of phenolic OH excluding ortho intramolecular Hbond substituents is 1. The third kappa shape index (κ3) is 3.06. The molecule has 2 fully saturated rings. The Morgan fingerprint density at radius 3 is 2.62 bits per heavy atom. The van der Waals surface area contributed by atoms with Gasteiger partial charge in [-0.25, -0.2) is 4.79 Å². The number of hydrogen-bond acceptors (Lipinski definition) is 4. The lowest BCUT2D eigenvalue weighted by Gasteiger charge is -2.30. The highest BCUT2D eigenvalue weighted by atomic mass is 16.3. The van der Waals surface area contributed by atoms with Gasteiger partial charge in [-0.15, -0.1) is 0 Å². The highest BCUT2D eigenvalue weighted by molar-refractivity contribution is 6.08. The van der Waals surface area contributed by atoms with Gasteiger partial charge in [0.05, 0.1) is 0 Å². The maximum absolute atomic E-state index is 12.5. The van der Waals surface area contributed by atoms with Crippen LogP contribution < -0.4 is 10.7 Å². The van der Waals surface area contributed by atoms with Gasteiger partial charge in [0.2, 0.25) is 5.91 Å². The molecule has 3 N–H and O–H groups in total. The summed E-state index contributed by atoms with van der Waals surface area (Å²) < 4.78 is 0. The Morgan fingerprint density at radius 2 is 1.92 bits per heavy atom. The molecular formula is C17H21N3O4. The molecule has 1 aliphatic carbocycles. The number of carbonyl (C=O) groups excluding carboxylic acids is 3. The fraction of sp³-hybridized carbons (Fsp3) is 0.471. The maximum Gasteiger partial charge on any atom is 0.344 e. The summed E-state index contributed by atoms with van der Waals surface area (Å²) in [7, 11) is 0. The van der Waals surface area contributed by atoms with Crippen molar-refractivity contribution in [2.75, 3.05) is 0 Å². The van der Waals surface area contributed by atoms with Gasteiger partial charge in [0, 0.05) is 6.42 Å². The first-order chi connectivity index (χ1) is 11.5. The van der Waals surface area contributed by atoms with E-state index in [2.05, 4.69) is 10.7 Å². The highest BCUT2D eigenvalue weighted by Crippen LogP contribution is 2.33. The fourth-order valence-electron chi connectivity index (χ4n) is 3.37. The number of imide groups is 1. The average molecular weight is 331 g/mol. The largest absolute Gasteiger partial charge is 0.508 e. The third-order valence-corrected chi connectivity index (χ3v) is 4.72. The molecular weight excluding hydrogens is 310 g/mol. The van der Waals surface area contributed by atoms with Gasteiger partial charge >= 0.3 is 6.03 Å². The quantitative estimate of drug-likeness (QED) is 0.730. The van der Waals surface area contributed by atoms with E-state index < -0.39 is 17.5 Å². The molecule has 0 aromatic heterocycles. The highest BCUT2D eigenvalue weighted by Gasteiger charge is 2.52. The summed E-state index contributed by atoms with van der Waals surface area (Å²) in [5.74, 6) is -0.681. The smallest absolute Gasteiger partial charge is 0.344 e. The van der Waals surface area contributed by atoms with E-state index in [0.717, 1.165) is 24.3 Å². The van der Waals surface area contributed by atoms with E-state index >= 15 is 0 Å². The van der Waals surface area contributed by atoms with Crippen molar-refractivity contribution in [3.8, 4) is 5.75 Å². The molecule has 1 heterocycles. The molecule has 1 aliphatic heterocycles. The Hall–Kier alpha value is -2.57. The molecule has 0 bridgehead atoms. The summed E-state index contributed by atoms with van der Waals surface area (Å²) in [5.41, 5.74) is 2.19. The van der Waals surface area contributed by atoms with Gasteiger partial charge < -0.3 is 10.4 Å². The van der Waals surface area contributed by atoms with E-state index in [1.165, 1.54) is 0 Å². The molecule has 0 atom stereocenters. The number of rotatable bonds is 4. The number of nitrogens with one attached hydrogen (secondary N) is 2. The first-order valence-electron chi connectivity index (χ1n) is 8.25. The third-order valence-electron chi connectivity index (χ3n) is 4.72. The number of nitrogens with zero attached hydrogens (tertiary/aromatic N) is 1. The topological polar surface area (TPSA) is 98.7 Å². The number of amides is 4. The van der Waals surface area contributed by atoms with Crippen LogP contribution in [0.25, 0.3) is 0 Å². The lowest BCUT2D eigenvalue weighted by atomic mass is 9.82. The Bertz CT molecular complexity index is 668. The molecule has 1 aromatic rings. The Balaban J connectivity index is 1.59. The molecule has 2 aliphatic rings. The van der Waals surface area contributed by atoms with E-state index in [4.69, 9.17) is 0 Å². The zero-order chi connectivity index (χ0) is 17.2. The van der Waals surface area contributed by atoms with Crippen molar-refractivity contribution in [3.05, 3.63) is 29.8 Å². The van der Waals surface area contributed by atoms with Crippen molar-refractivity contribution in [2.24, 2.45) is 0 Å². The molecule has 1 saturated carbocycles. The van der Waals surface area contributed by atoms with Crippen LogP contribution in [-0.4, -0.2) is 33.5 Å². The number of para-hydroxylation sites is 1. The lowest BCUT2D eigenvalue weighted by Crippen LogP contribution is -2.51. The predicted octanol–water partition coefficient (Wildman–Crippen LogP) is 1.61. The van der Waals surface area contributed by atoms with Crippen molar-refractivity contribution in [3.63, 3.8) is 0 Å². The molecule has 1 spiro atoms. The van der Waals surface area contributed by atoms with Crippen molar-refractivity contribution in [2.45, 2.75) is 50.5 Å². The van der Waals surface area contributed by atoms with Crippen LogP contribution in [0.15, 0.2) is 24.3 Å². The zero-order valence-electron chi connectivity index (χ0n) is 13.4. The first kappa shape index (κ1) is 16.3. The number of benzene rings is 1. The van der Waals surface area contributed by atoms with Crippen molar-refractivity contribution in [1.82, 2.24) is 15.8 Å². The molecule has 128 valence electrons. The van der Waals surface area contributed by atoms with E-state index in [0.29, 0.717) is 24.8 Å². The van der Waals surface area contributed by atoms with Crippen LogP contribution in [0.1, 0.15) is 44.1 Å². The van der Waals surface area contributed by atoms with E-state index in [-0.39, 0.29) is 18.1 Å². The van der Waals surface area contributed by atoms with Gasteiger partial charge in [0.1, 0.15) is 11.3 Å². The number of phenols is 1. The average Bonchev–Trinajstić information content (AvgIpc) is 2.79. The molecule has 1 aromatic carbocycles. The lowest BCUT2D eigenvalue weighted by molar-refractivity contribution is -0.139. The zero-order valence-corrected chi connectivity index (χ0v) is 13.4. The van der Waals surface area contributed by atoms with Gasteiger partial charge in [-0.1, -0.05) is 37.5 Å². The monoisotopic (exact) mass is 331 g/mol. The molecule has 4 amide bonds. The second-order valence-corrected chi connectivity index (χ2v) is 6.38. The van der Waals surface area contributed by atoms with Crippen LogP contribution in [0.4, 0.5) is 4.79 Å². The van der Waals surface area contributed by atoms with E-state index in [9.17, 15) is 19.5 Å². The van der Waals surface area contributed by atoms with Crippen molar-refractivity contribution < 1.29 is 19.5 Å². The van der Waals surface area contributed by atoms with Crippen LogP contribution in [0.5, 0.6) is 5.75 Å². The predicted molar refractivity (Wildman–Crippen MR) is 85.8 cm³/mol. The van der Waals surface area contributed by atoms with Crippen LogP contribution in [0.3, 0.4) is 0 Å². The number of hydrazine groups is 1. The maximum atomic E-state index is 12.5. The summed E-state index contributed by atoms with van der Waals surface area (Å²) in [6.45, 7) is 0. The van der Waals surface area contributed by atoms with Crippen molar-refractivity contribution >= 4 is 17.8 Å². The second-order valence-electron chi connectivity index (χ2n) is 6.38. The number of aryl methyl sites for hydroxylation is 1. The minimum Gasteiger partial charge on any atom is -0.508 e. The second kappa shape index (κ2) is 6.51. The summed E-state index contributed by atoms with van der Waals surface area (Å²) in [5, 5.41) is 13.2. The molecule has 0 radical (unpaired) electrons. The van der Waals surface area contributed by atoms with Crippen LogP contribution in [0.2, 0.25) is 0 Å². The first-order valence-corrected chi connectivity index (χ1v) is 8.25. The van der Waals surface area contributed by atoms with Gasteiger partial charge in [-0.2, -0.15) is 5.01 Å². The molecule has 24 heavy (non-hydrogen) atoms. The summed E-state index contributed by atoms with van der Waals surface area (Å²) >= 11 is 0. The SMILES string of the molecule is O=C(CCc1ccccc1O)NN1C(=O)NC2(CCCCC2)C1=O. The molecule has 7 heteroatoms. The summed E-state index contributed by atoms with van der Waals surface area (Å²) in [4.78, 5) is 36.7. The Labute approximate surface area is 140 Å². The van der Waals surface area contributed by atoms with Gasteiger partial charge in [-0.3, -0.25) is 15.0 Å². The van der Waals surface area contributed by atoms with Gasteiger partial charge in [0.25, 0.3) is 5.91 Å². The van der Waals surface area contributed by atoms with Gasteiger partial charge in [-0.05, 0) is 30.9 Å². The molecule has 3 rings (SSSR count). The summed E-state index contributed by atoms with van der Waals surface area (Å²) in [6.07, 6.45) is 4.46. The number of hydrogen-bond donors (Lipinski definition) is 3. The molecule has 0 unspecified atom stereocenters. The van der Waals surface area contributed by atoms with Crippen LogP contribution >= 0.6 is 0 Å². The van der Waals surface area contributed by atoms with Crippen LogP contribution in [-0.2, 0) is 16.0 Å². The normalized spacial score (nSPS) is 19.4. The standard InChI is InChI=1S/C17H21N3O4/c21-13-7-3-2-6-12(13)8-9-14(22)19-20-15(23)17(18-16(20)24)10-4-1-5-11-17/h2-3,6-7,21H,1,4-5,8-11H2,(H,18,24)(H,19,22). The fourth-order valence-corrected chi connectivity index (χ4v) is 3.37. The van der Waals surface area contributed by atoms with E-state index in [1.54, 1.807) is 24.3 Å². The van der Waals surface area contributed by atoms with Gasteiger partial charge in [0.15, 0.2) is 0 Å². The number of urea groups is 1. The number of carbonyl (C=O) groups is 3. The summed E-state index contributed by atoms with van der Waals surface area (Å²) in [6, 6.07) is 6.19. The van der Waals surface area contributed by atoms with Crippen LogP contribution in [0, 0.1) is 0 Å². The Kier molecular flexibility index (Phi) is 4.42. The molecule has 7 nitrogen and oxygen atoms in total.